The van der Waals surface area contributed by atoms with E-state index < -0.39 is 5.97 Å². The van der Waals surface area contributed by atoms with E-state index in [2.05, 4.69) is 0 Å². The van der Waals surface area contributed by atoms with Crippen molar-refractivity contribution >= 4 is 11.7 Å². The second kappa shape index (κ2) is 5.24. The van der Waals surface area contributed by atoms with Gasteiger partial charge in [-0.1, -0.05) is 13.3 Å². The van der Waals surface area contributed by atoms with Crippen molar-refractivity contribution in [2.24, 2.45) is 0 Å². The number of esters is 1. The van der Waals surface area contributed by atoms with Crippen LogP contribution in [-0.2, 0) is 4.74 Å². The average Bonchev–Trinajstić information content (AvgIpc) is 2.22. The third-order valence-electron chi connectivity index (χ3n) is 1.99. The Morgan fingerprint density at radius 1 is 1.53 bits per heavy atom. The second-order valence-corrected chi connectivity index (χ2v) is 3.26. The number of unbranched alkanes of at least 4 members (excludes halogenated alkanes) is 1. The second-order valence-electron chi connectivity index (χ2n) is 3.26. The molecule has 82 valence electrons. The first-order valence-corrected chi connectivity index (χ1v) is 4.90. The molecule has 0 bridgehead atoms. The topological polar surface area (TPSA) is 72.5 Å². The molecule has 1 aromatic carbocycles. The lowest BCUT2D eigenvalue weighted by molar-refractivity contribution is 0.0500. The van der Waals surface area contributed by atoms with Crippen LogP contribution in [0.4, 0.5) is 5.69 Å². The SMILES string of the molecule is CCCCOC(=O)c1ccc(O)c(N)c1. The van der Waals surface area contributed by atoms with Gasteiger partial charge < -0.3 is 15.6 Å². The number of rotatable bonds is 4. The summed E-state index contributed by atoms with van der Waals surface area (Å²) in [6.45, 7) is 2.43. The van der Waals surface area contributed by atoms with Crippen molar-refractivity contribution in [3.05, 3.63) is 23.8 Å². The number of phenols is 1. The highest BCUT2D eigenvalue weighted by Gasteiger charge is 2.08. The number of nitrogen functional groups attached to an aromatic ring is 1. The van der Waals surface area contributed by atoms with Gasteiger partial charge in [-0.3, -0.25) is 0 Å². The molecule has 0 radical (unpaired) electrons. The smallest absolute Gasteiger partial charge is 0.338 e. The highest BCUT2D eigenvalue weighted by atomic mass is 16.5. The Morgan fingerprint density at radius 2 is 2.27 bits per heavy atom. The van der Waals surface area contributed by atoms with E-state index in [-0.39, 0.29) is 11.4 Å². The molecule has 0 saturated heterocycles. The summed E-state index contributed by atoms with van der Waals surface area (Å²) in [5.41, 5.74) is 6.00. The maximum absolute atomic E-state index is 11.4. The molecule has 0 aliphatic heterocycles. The van der Waals surface area contributed by atoms with E-state index >= 15 is 0 Å². The number of nitrogens with two attached hydrogens (primary N) is 1. The number of aromatic hydroxyl groups is 1. The molecule has 0 amide bonds. The number of carbonyl (C=O) groups is 1. The Bertz CT molecular complexity index is 350. The zero-order valence-electron chi connectivity index (χ0n) is 8.69. The van der Waals surface area contributed by atoms with Gasteiger partial charge in [0.2, 0.25) is 0 Å². The molecule has 1 aromatic rings. The van der Waals surface area contributed by atoms with Crippen LogP contribution in [0.15, 0.2) is 18.2 Å². The van der Waals surface area contributed by atoms with Gasteiger partial charge in [0.1, 0.15) is 5.75 Å². The van der Waals surface area contributed by atoms with Crippen LogP contribution in [-0.4, -0.2) is 17.7 Å². The Balaban J connectivity index is 2.62. The van der Waals surface area contributed by atoms with Crippen LogP contribution in [0.3, 0.4) is 0 Å². The van der Waals surface area contributed by atoms with Gasteiger partial charge in [0.15, 0.2) is 0 Å². The predicted molar refractivity (Wildman–Crippen MR) is 57.7 cm³/mol. The first-order valence-electron chi connectivity index (χ1n) is 4.90. The van der Waals surface area contributed by atoms with E-state index in [4.69, 9.17) is 15.6 Å². The number of phenolic OH excluding ortho intramolecular Hbond substituents is 1. The fraction of sp³-hybridized carbons (Fsp3) is 0.364. The molecule has 3 N–H and O–H groups in total. The summed E-state index contributed by atoms with van der Waals surface area (Å²) in [6.07, 6.45) is 1.82. The van der Waals surface area contributed by atoms with Crippen molar-refractivity contribution in [3.63, 3.8) is 0 Å². The summed E-state index contributed by atoms with van der Waals surface area (Å²) in [7, 11) is 0. The summed E-state index contributed by atoms with van der Waals surface area (Å²) in [6, 6.07) is 4.27. The summed E-state index contributed by atoms with van der Waals surface area (Å²) in [5, 5.41) is 9.16. The zero-order valence-corrected chi connectivity index (χ0v) is 8.69. The molecule has 1 rings (SSSR count). The van der Waals surface area contributed by atoms with Gasteiger partial charge in [-0.2, -0.15) is 0 Å². The van der Waals surface area contributed by atoms with E-state index in [1.54, 1.807) is 0 Å². The number of hydrogen-bond donors (Lipinski definition) is 2. The summed E-state index contributed by atoms with van der Waals surface area (Å²) in [5.74, 6) is -0.435. The summed E-state index contributed by atoms with van der Waals surface area (Å²) >= 11 is 0. The Labute approximate surface area is 88.7 Å². The molecule has 0 aliphatic rings. The molecule has 0 aromatic heterocycles. The molecule has 4 nitrogen and oxygen atoms in total. The van der Waals surface area contributed by atoms with Crippen molar-refractivity contribution in [2.75, 3.05) is 12.3 Å². The maximum Gasteiger partial charge on any atom is 0.338 e. The van der Waals surface area contributed by atoms with E-state index in [0.29, 0.717) is 12.2 Å². The van der Waals surface area contributed by atoms with Crippen molar-refractivity contribution in [2.45, 2.75) is 19.8 Å². The van der Waals surface area contributed by atoms with Gasteiger partial charge in [-0.15, -0.1) is 0 Å². The molecule has 0 fully saturated rings. The van der Waals surface area contributed by atoms with Crippen molar-refractivity contribution < 1.29 is 14.6 Å². The molecule has 15 heavy (non-hydrogen) atoms. The van der Waals surface area contributed by atoms with Crippen LogP contribution >= 0.6 is 0 Å². The van der Waals surface area contributed by atoms with Gasteiger partial charge in [-0.05, 0) is 24.6 Å². The minimum atomic E-state index is -0.407. The average molecular weight is 209 g/mol. The minimum absolute atomic E-state index is 0.0277. The maximum atomic E-state index is 11.4. The molecule has 0 atom stereocenters. The van der Waals surface area contributed by atoms with Crippen molar-refractivity contribution in [1.82, 2.24) is 0 Å². The third-order valence-corrected chi connectivity index (χ3v) is 1.99. The highest BCUT2D eigenvalue weighted by molar-refractivity contribution is 5.90. The van der Waals surface area contributed by atoms with E-state index in [9.17, 15) is 4.79 Å². The number of carbonyl (C=O) groups excluding carboxylic acids is 1. The van der Waals surface area contributed by atoms with Crippen LogP contribution in [0.25, 0.3) is 0 Å². The Morgan fingerprint density at radius 3 is 2.87 bits per heavy atom. The summed E-state index contributed by atoms with van der Waals surface area (Å²) < 4.78 is 4.99. The van der Waals surface area contributed by atoms with Gasteiger partial charge in [-0.25, -0.2) is 4.79 Å². The molecule has 0 heterocycles. The van der Waals surface area contributed by atoms with E-state index in [1.807, 2.05) is 6.92 Å². The molecule has 0 unspecified atom stereocenters. The van der Waals surface area contributed by atoms with Gasteiger partial charge in [0.25, 0.3) is 0 Å². The lowest BCUT2D eigenvalue weighted by Crippen LogP contribution is -2.06. The predicted octanol–water partition coefficient (Wildman–Crippen LogP) is 1.93. The van der Waals surface area contributed by atoms with Crippen LogP contribution in [0.1, 0.15) is 30.1 Å². The first-order chi connectivity index (χ1) is 7.15. The number of hydrogen-bond acceptors (Lipinski definition) is 4. The van der Waals surface area contributed by atoms with E-state index in [0.717, 1.165) is 12.8 Å². The van der Waals surface area contributed by atoms with E-state index in [1.165, 1.54) is 18.2 Å². The monoisotopic (exact) mass is 209 g/mol. The molecule has 0 aliphatic carbocycles. The fourth-order valence-electron chi connectivity index (χ4n) is 1.07. The molecule has 0 saturated carbocycles. The quantitative estimate of drug-likeness (QED) is 0.344. The van der Waals surface area contributed by atoms with Crippen LogP contribution in [0, 0.1) is 0 Å². The molecule has 4 heteroatoms. The lowest BCUT2D eigenvalue weighted by Gasteiger charge is -2.05. The van der Waals surface area contributed by atoms with Gasteiger partial charge in [0, 0.05) is 0 Å². The summed E-state index contributed by atoms with van der Waals surface area (Å²) in [4.78, 5) is 11.4. The first kappa shape index (κ1) is 11.4. The zero-order chi connectivity index (χ0) is 11.3. The normalized spacial score (nSPS) is 9.93. The standard InChI is InChI=1S/C11H15NO3/c1-2-3-6-15-11(14)8-4-5-10(13)9(12)7-8/h4-5,7,13H,2-3,6,12H2,1H3. The molecule has 0 spiro atoms. The largest absolute Gasteiger partial charge is 0.506 e. The van der Waals surface area contributed by atoms with Crippen LogP contribution < -0.4 is 5.73 Å². The fourth-order valence-corrected chi connectivity index (χ4v) is 1.07. The van der Waals surface area contributed by atoms with Gasteiger partial charge >= 0.3 is 5.97 Å². The van der Waals surface area contributed by atoms with Crippen LogP contribution in [0.2, 0.25) is 0 Å². The minimum Gasteiger partial charge on any atom is -0.506 e. The van der Waals surface area contributed by atoms with Crippen molar-refractivity contribution in [1.29, 1.82) is 0 Å². The lowest BCUT2D eigenvalue weighted by atomic mass is 10.2. The Kier molecular flexibility index (Phi) is 3.97. The number of anilines is 1. The Hall–Kier alpha value is -1.71. The number of ether oxygens (including phenoxy) is 1. The molecular formula is C11H15NO3. The highest BCUT2D eigenvalue weighted by Crippen LogP contribution is 2.20. The van der Waals surface area contributed by atoms with Crippen molar-refractivity contribution in [3.8, 4) is 5.75 Å². The molecular weight excluding hydrogens is 194 g/mol. The third kappa shape index (κ3) is 3.16. The van der Waals surface area contributed by atoms with Gasteiger partial charge in [0.05, 0.1) is 17.9 Å². The van der Waals surface area contributed by atoms with Crippen LogP contribution in [0.5, 0.6) is 5.75 Å². The number of benzene rings is 1.